The maximum Gasteiger partial charge on any atom is 0.147 e. The zero-order chi connectivity index (χ0) is 22.4. The Morgan fingerprint density at radius 2 is 1.62 bits per heavy atom. The summed E-state index contributed by atoms with van der Waals surface area (Å²) in [6.07, 6.45) is 21.6. The number of aromatic amines is 2. The van der Waals surface area contributed by atoms with Gasteiger partial charge in [-0.2, -0.15) is 0 Å². The second-order valence-corrected chi connectivity index (χ2v) is 8.84. The van der Waals surface area contributed by atoms with Gasteiger partial charge >= 0.3 is 0 Å². The lowest BCUT2D eigenvalue weighted by Gasteiger charge is -2.06. The molecule has 0 bridgehead atoms. The maximum atomic E-state index is 6.05. The molecule has 0 saturated heterocycles. The lowest BCUT2D eigenvalue weighted by atomic mass is 10.1. The molecule has 1 aliphatic heterocycles. The van der Waals surface area contributed by atoms with E-state index in [-0.39, 0.29) is 0 Å². The molecule has 0 aromatic carbocycles. The third kappa shape index (κ3) is 7.89. The van der Waals surface area contributed by atoms with Crippen LogP contribution in [-0.4, -0.2) is 22.3 Å². The van der Waals surface area contributed by atoms with Gasteiger partial charge in [-0.3, -0.25) is 0 Å². The summed E-state index contributed by atoms with van der Waals surface area (Å²) < 4.78 is 6.05. The number of aliphatic imine (C=N–C) groups is 1. The van der Waals surface area contributed by atoms with E-state index >= 15 is 0 Å². The van der Waals surface area contributed by atoms with E-state index in [0.29, 0.717) is 0 Å². The Morgan fingerprint density at radius 1 is 0.875 bits per heavy atom. The van der Waals surface area contributed by atoms with Gasteiger partial charge in [0.15, 0.2) is 0 Å². The van der Waals surface area contributed by atoms with Crippen LogP contribution in [0.25, 0.3) is 6.08 Å². The average molecular weight is 436 g/mol. The molecule has 0 spiro atoms. The van der Waals surface area contributed by atoms with Gasteiger partial charge in [0.2, 0.25) is 0 Å². The molecule has 3 heterocycles. The van der Waals surface area contributed by atoms with Gasteiger partial charge in [0.05, 0.1) is 18.0 Å². The van der Waals surface area contributed by atoms with Crippen LogP contribution in [0, 0.1) is 0 Å². The molecule has 2 N–H and O–H groups in total. The predicted octanol–water partition coefficient (Wildman–Crippen LogP) is 7.96. The van der Waals surface area contributed by atoms with Crippen LogP contribution in [-0.2, 0) is 11.2 Å². The number of ether oxygens (including phenoxy) is 1. The number of aromatic nitrogens is 2. The Bertz CT molecular complexity index is 870. The fourth-order valence-corrected chi connectivity index (χ4v) is 4.05. The van der Waals surface area contributed by atoms with Crippen LogP contribution >= 0.6 is 0 Å². The predicted molar refractivity (Wildman–Crippen MR) is 136 cm³/mol. The van der Waals surface area contributed by atoms with Crippen molar-refractivity contribution in [1.29, 1.82) is 0 Å². The fraction of sp³-hybridized carbons (Fsp3) is 0.536. The van der Waals surface area contributed by atoms with E-state index in [1.807, 2.05) is 24.4 Å². The molecule has 1 aliphatic rings. The first kappa shape index (κ1) is 24.2. The standard InChI is InChI=1S/C28H41N3O/c1-3-5-7-8-9-10-11-12-13-15-23-17-18-24(30-23)21-27-28(32-20-6-4-2)22-26(31-27)25-16-14-19-29-25/h14,16-19,21-22,29-30H,3-13,15,20H2,1-2H3. The van der Waals surface area contributed by atoms with E-state index in [9.17, 15) is 0 Å². The van der Waals surface area contributed by atoms with Gasteiger partial charge in [0.1, 0.15) is 11.5 Å². The molecule has 2 aromatic heterocycles. The lowest BCUT2D eigenvalue weighted by molar-refractivity contribution is 0.216. The van der Waals surface area contributed by atoms with E-state index in [4.69, 9.17) is 9.73 Å². The topological polar surface area (TPSA) is 53.2 Å². The zero-order valence-corrected chi connectivity index (χ0v) is 20.1. The van der Waals surface area contributed by atoms with Crippen molar-refractivity contribution in [2.24, 2.45) is 4.99 Å². The molecule has 2 aromatic rings. The first-order valence-corrected chi connectivity index (χ1v) is 12.8. The molecule has 0 aliphatic carbocycles. The number of nitrogens with zero attached hydrogens (tertiary/aromatic N) is 1. The van der Waals surface area contributed by atoms with Crippen LogP contribution in [0.5, 0.6) is 0 Å². The molecular formula is C28H41N3O. The van der Waals surface area contributed by atoms with Crippen LogP contribution in [0.15, 0.2) is 53.0 Å². The largest absolute Gasteiger partial charge is 0.491 e. The van der Waals surface area contributed by atoms with E-state index in [0.717, 1.165) is 54.4 Å². The van der Waals surface area contributed by atoms with Crippen molar-refractivity contribution in [3.05, 3.63) is 65.1 Å². The number of nitrogens with one attached hydrogen (secondary N) is 2. The minimum atomic E-state index is 0.724. The van der Waals surface area contributed by atoms with E-state index in [1.165, 1.54) is 63.5 Å². The first-order valence-electron chi connectivity index (χ1n) is 12.8. The van der Waals surface area contributed by atoms with Crippen LogP contribution in [0.3, 0.4) is 0 Å². The molecule has 0 unspecified atom stereocenters. The normalized spacial score (nSPS) is 14.8. The summed E-state index contributed by atoms with van der Waals surface area (Å²) in [6, 6.07) is 8.40. The van der Waals surface area contributed by atoms with E-state index < -0.39 is 0 Å². The van der Waals surface area contributed by atoms with Crippen molar-refractivity contribution in [2.45, 2.75) is 90.9 Å². The highest BCUT2D eigenvalue weighted by Gasteiger charge is 2.18. The Balaban J connectivity index is 1.49. The molecule has 0 saturated carbocycles. The Hall–Kier alpha value is -2.49. The molecule has 4 nitrogen and oxygen atoms in total. The molecular weight excluding hydrogens is 394 g/mol. The van der Waals surface area contributed by atoms with Gasteiger partial charge in [0.25, 0.3) is 0 Å². The molecule has 0 radical (unpaired) electrons. The minimum Gasteiger partial charge on any atom is -0.491 e. The van der Waals surface area contributed by atoms with Gasteiger partial charge in [-0.05, 0) is 49.6 Å². The average Bonchev–Trinajstić information content (AvgIpc) is 3.55. The third-order valence-electron chi connectivity index (χ3n) is 6.00. The van der Waals surface area contributed by atoms with Crippen molar-refractivity contribution in [1.82, 2.24) is 9.97 Å². The molecule has 174 valence electrons. The van der Waals surface area contributed by atoms with E-state index in [1.54, 1.807) is 0 Å². The highest BCUT2D eigenvalue weighted by atomic mass is 16.5. The van der Waals surface area contributed by atoms with Gasteiger partial charge in [-0.1, -0.05) is 71.6 Å². The molecule has 32 heavy (non-hydrogen) atoms. The highest BCUT2D eigenvalue weighted by molar-refractivity contribution is 6.11. The number of hydrogen-bond donors (Lipinski definition) is 2. The van der Waals surface area contributed by atoms with Crippen molar-refractivity contribution in [2.75, 3.05) is 6.61 Å². The quantitative estimate of drug-likeness (QED) is 0.258. The summed E-state index contributed by atoms with van der Waals surface area (Å²) in [6.45, 7) is 5.18. The number of aryl methyl sites for hydroxylation is 1. The van der Waals surface area contributed by atoms with Crippen LogP contribution in [0.1, 0.15) is 102 Å². The second-order valence-electron chi connectivity index (χ2n) is 8.84. The lowest BCUT2D eigenvalue weighted by Crippen LogP contribution is -1.96. The molecule has 0 atom stereocenters. The minimum absolute atomic E-state index is 0.724. The SMILES string of the molecule is CCCCCCCCCCCc1ccc(C=C2N=C(c3ccc[nH]3)C=C2OCCCC)[nH]1. The Labute approximate surface area is 194 Å². The number of H-pyrrole nitrogens is 2. The van der Waals surface area contributed by atoms with Crippen LogP contribution in [0.4, 0.5) is 0 Å². The van der Waals surface area contributed by atoms with Gasteiger partial charge < -0.3 is 14.7 Å². The van der Waals surface area contributed by atoms with Gasteiger partial charge in [-0.25, -0.2) is 4.99 Å². The van der Waals surface area contributed by atoms with E-state index in [2.05, 4.69) is 42.0 Å². The second kappa shape index (κ2) is 13.8. The Morgan fingerprint density at radius 3 is 2.34 bits per heavy atom. The van der Waals surface area contributed by atoms with Crippen molar-refractivity contribution in [3.63, 3.8) is 0 Å². The fourth-order valence-electron chi connectivity index (χ4n) is 4.05. The molecule has 3 rings (SSSR count). The maximum absolute atomic E-state index is 6.05. The van der Waals surface area contributed by atoms with Gasteiger partial charge in [0, 0.05) is 23.7 Å². The summed E-state index contributed by atoms with van der Waals surface area (Å²) in [4.78, 5) is 11.6. The highest BCUT2D eigenvalue weighted by Crippen LogP contribution is 2.25. The molecule has 0 amide bonds. The van der Waals surface area contributed by atoms with Crippen LogP contribution in [0.2, 0.25) is 0 Å². The summed E-state index contributed by atoms with van der Waals surface area (Å²) >= 11 is 0. The summed E-state index contributed by atoms with van der Waals surface area (Å²) in [5.74, 6) is 0.859. The summed E-state index contributed by atoms with van der Waals surface area (Å²) in [5, 5.41) is 0. The van der Waals surface area contributed by atoms with Crippen molar-refractivity contribution in [3.8, 4) is 0 Å². The van der Waals surface area contributed by atoms with Crippen molar-refractivity contribution >= 4 is 11.8 Å². The Kier molecular flexibility index (Phi) is 10.4. The summed E-state index contributed by atoms with van der Waals surface area (Å²) in [5.41, 5.74) is 5.23. The van der Waals surface area contributed by atoms with Crippen LogP contribution < -0.4 is 0 Å². The third-order valence-corrected chi connectivity index (χ3v) is 6.00. The zero-order valence-electron chi connectivity index (χ0n) is 20.1. The number of allylic oxidation sites excluding steroid dienone is 1. The van der Waals surface area contributed by atoms with Crippen molar-refractivity contribution < 1.29 is 4.74 Å². The number of unbranched alkanes of at least 4 members (excludes halogenated alkanes) is 9. The van der Waals surface area contributed by atoms with Gasteiger partial charge in [-0.15, -0.1) is 0 Å². The first-order chi connectivity index (χ1) is 15.8. The number of hydrogen-bond acceptors (Lipinski definition) is 2. The summed E-state index contributed by atoms with van der Waals surface area (Å²) in [7, 11) is 0. The molecule has 0 fully saturated rings. The number of rotatable bonds is 16. The molecule has 4 heteroatoms. The smallest absolute Gasteiger partial charge is 0.147 e. The monoisotopic (exact) mass is 435 g/mol.